The van der Waals surface area contributed by atoms with Crippen LogP contribution < -0.4 is 4.90 Å². The lowest BCUT2D eigenvalue weighted by atomic mass is 10.4. The van der Waals surface area contributed by atoms with E-state index in [-0.39, 0.29) is 6.61 Å². The molecular weight excluding hydrogens is 240 g/mol. The first-order valence-corrected chi connectivity index (χ1v) is 6.66. The zero-order valence-electron chi connectivity index (χ0n) is 10.0. The van der Waals surface area contributed by atoms with Crippen LogP contribution in [0.5, 0.6) is 0 Å². The van der Waals surface area contributed by atoms with Gasteiger partial charge >= 0.3 is 0 Å². The molecule has 0 atom stereocenters. The number of nitrogens with zero attached hydrogens (tertiary/aromatic N) is 2. The molecule has 2 rings (SSSR count). The Kier molecular flexibility index (Phi) is 4.73. The van der Waals surface area contributed by atoms with Crippen molar-refractivity contribution in [3.05, 3.63) is 10.6 Å². The van der Waals surface area contributed by atoms with Gasteiger partial charge in [-0.2, -0.15) is 0 Å². The predicted octanol–water partition coefficient (Wildman–Crippen LogP) is 1.01. The van der Waals surface area contributed by atoms with E-state index in [4.69, 9.17) is 9.47 Å². The minimum atomic E-state index is -0.0246. The molecule has 0 bridgehead atoms. The fourth-order valence-corrected chi connectivity index (χ4v) is 2.75. The molecule has 0 aromatic carbocycles. The van der Waals surface area contributed by atoms with E-state index in [0.717, 1.165) is 42.0 Å². The normalized spacial score (nSPS) is 16.5. The van der Waals surface area contributed by atoms with Gasteiger partial charge in [0.05, 0.1) is 37.0 Å². The molecule has 1 fully saturated rings. The van der Waals surface area contributed by atoms with Crippen LogP contribution in [0.3, 0.4) is 0 Å². The molecule has 0 unspecified atom stereocenters. The van der Waals surface area contributed by atoms with Gasteiger partial charge in [0.2, 0.25) is 0 Å². The summed E-state index contributed by atoms with van der Waals surface area (Å²) in [6.07, 6.45) is 0. The molecular formula is C11H18N2O3S. The van der Waals surface area contributed by atoms with E-state index >= 15 is 0 Å². The highest BCUT2D eigenvalue weighted by molar-refractivity contribution is 7.15. The van der Waals surface area contributed by atoms with E-state index in [1.54, 1.807) is 11.3 Å². The minimum absolute atomic E-state index is 0.0246. The van der Waals surface area contributed by atoms with Gasteiger partial charge in [0.15, 0.2) is 5.13 Å². The molecule has 2 heterocycles. The average Bonchev–Trinajstić information content (AvgIpc) is 2.80. The van der Waals surface area contributed by atoms with Gasteiger partial charge in [-0.15, -0.1) is 0 Å². The first-order valence-electron chi connectivity index (χ1n) is 5.85. The zero-order chi connectivity index (χ0) is 12.1. The van der Waals surface area contributed by atoms with E-state index in [1.807, 2.05) is 6.92 Å². The second-order valence-electron chi connectivity index (χ2n) is 3.76. The number of anilines is 1. The van der Waals surface area contributed by atoms with E-state index < -0.39 is 0 Å². The number of morpholine rings is 1. The molecule has 1 aromatic heterocycles. The van der Waals surface area contributed by atoms with E-state index in [0.29, 0.717) is 13.2 Å². The summed E-state index contributed by atoms with van der Waals surface area (Å²) in [5.74, 6) is 0. The van der Waals surface area contributed by atoms with Crippen molar-refractivity contribution in [1.29, 1.82) is 0 Å². The molecule has 0 aliphatic carbocycles. The van der Waals surface area contributed by atoms with Crippen molar-refractivity contribution >= 4 is 16.5 Å². The number of ether oxygens (including phenoxy) is 2. The molecule has 0 radical (unpaired) electrons. The molecule has 5 nitrogen and oxygen atoms in total. The summed E-state index contributed by atoms with van der Waals surface area (Å²) < 4.78 is 10.7. The fraction of sp³-hybridized carbons (Fsp3) is 0.727. The third-order valence-electron chi connectivity index (χ3n) is 2.64. The summed E-state index contributed by atoms with van der Waals surface area (Å²) in [6, 6.07) is 0. The summed E-state index contributed by atoms with van der Waals surface area (Å²) in [7, 11) is 0. The monoisotopic (exact) mass is 258 g/mol. The Morgan fingerprint density at radius 2 is 2.24 bits per heavy atom. The maximum Gasteiger partial charge on any atom is 0.186 e. The Morgan fingerprint density at radius 1 is 1.47 bits per heavy atom. The highest BCUT2D eigenvalue weighted by Crippen LogP contribution is 2.27. The Bertz CT molecular complexity index is 350. The molecule has 17 heavy (non-hydrogen) atoms. The molecule has 1 saturated heterocycles. The van der Waals surface area contributed by atoms with Gasteiger partial charge in [0.25, 0.3) is 0 Å². The topological polar surface area (TPSA) is 54.8 Å². The Morgan fingerprint density at radius 3 is 2.88 bits per heavy atom. The molecule has 96 valence electrons. The van der Waals surface area contributed by atoms with Crippen LogP contribution in [-0.2, 0) is 22.7 Å². The third-order valence-corrected chi connectivity index (χ3v) is 3.77. The van der Waals surface area contributed by atoms with Gasteiger partial charge in [-0.05, 0) is 6.92 Å². The predicted molar refractivity (Wildman–Crippen MR) is 66.4 cm³/mol. The number of aliphatic hydroxyl groups is 1. The lowest BCUT2D eigenvalue weighted by Crippen LogP contribution is -2.36. The van der Waals surface area contributed by atoms with E-state index in [2.05, 4.69) is 9.88 Å². The molecule has 1 aliphatic heterocycles. The maximum atomic E-state index is 9.27. The Labute approximate surface area is 105 Å². The van der Waals surface area contributed by atoms with Gasteiger partial charge in [0.1, 0.15) is 0 Å². The number of hydrogen-bond donors (Lipinski definition) is 1. The van der Waals surface area contributed by atoms with Crippen LogP contribution in [0.25, 0.3) is 0 Å². The van der Waals surface area contributed by atoms with Crippen LogP contribution in [-0.4, -0.2) is 43.0 Å². The zero-order valence-corrected chi connectivity index (χ0v) is 10.8. The highest BCUT2D eigenvalue weighted by Gasteiger charge is 2.17. The maximum absolute atomic E-state index is 9.27. The van der Waals surface area contributed by atoms with Gasteiger partial charge < -0.3 is 19.5 Å². The number of thiazole rings is 1. The van der Waals surface area contributed by atoms with Crippen molar-refractivity contribution in [3.8, 4) is 0 Å². The van der Waals surface area contributed by atoms with E-state index in [1.165, 1.54) is 0 Å². The molecule has 0 amide bonds. The summed E-state index contributed by atoms with van der Waals surface area (Å²) >= 11 is 1.60. The van der Waals surface area contributed by atoms with Gasteiger partial charge in [-0.25, -0.2) is 4.98 Å². The number of aliphatic hydroxyl groups excluding tert-OH is 1. The second-order valence-corrected chi connectivity index (χ2v) is 4.82. The van der Waals surface area contributed by atoms with Crippen molar-refractivity contribution < 1.29 is 14.6 Å². The molecule has 1 aromatic rings. The van der Waals surface area contributed by atoms with Crippen molar-refractivity contribution in [2.75, 3.05) is 37.8 Å². The van der Waals surface area contributed by atoms with E-state index in [9.17, 15) is 5.11 Å². The Balaban J connectivity index is 2.08. The van der Waals surface area contributed by atoms with Crippen molar-refractivity contribution in [2.24, 2.45) is 0 Å². The minimum Gasteiger partial charge on any atom is -0.390 e. The summed E-state index contributed by atoms with van der Waals surface area (Å²) in [5, 5.41) is 10.2. The first-order chi connectivity index (χ1) is 8.35. The molecule has 0 saturated carbocycles. The molecule has 1 N–H and O–H groups in total. The SMILES string of the molecule is CCOCc1sc(N2CCOCC2)nc1CO. The largest absolute Gasteiger partial charge is 0.390 e. The smallest absolute Gasteiger partial charge is 0.186 e. The quantitative estimate of drug-likeness (QED) is 0.854. The highest BCUT2D eigenvalue weighted by atomic mass is 32.1. The second kappa shape index (κ2) is 6.30. The van der Waals surface area contributed by atoms with Crippen molar-refractivity contribution in [1.82, 2.24) is 4.98 Å². The van der Waals surface area contributed by atoms with Gasteiger partial charge in [-0.3, -0.25) is 0 Å². The van der Waals surface area contributed by atoms with Crippen molar-refractivity contribution in [2.45, 2.75) is 20.1 Å². The van der Waals surface area contributed by atoms with Gasteiger partial charge in [-0.1, -0.05) is 11.3 Å². The Hall–Kier alpha value is -0.690. The molecule has 6 heteroatoms. The lowest BCUT2D eigenvalue weighted by molar-refractivity contribution is 0.122. The van der Waals surface area contributed by atoms with Crippen LogP contribution in [0.1, 0.15) is 17.5 Å². The van der Waals surface area contributed by atoms with Crippen LogP contribution in [0.15, 0.2) is 0 Å². The van der Waals surface area contributed by atoms with Gasteiger partial charge in [0, 0.05) is 19.7 Å². The first kappa shape index (κ1) is 12.8. The average molecular weight is 258 g/mol. The third kappa shape index (κ3) is 3.16. The standard InChI is InChI=1S/C11H18N2O3S/c1-2-15-8-10-9(7-14)12-11(17-10)13-3-5-16-6-4-13/h14H,2-8H2,1H3. The van der Waals surface area contributed by atoms with Crippen LogP contribution in [0.4, 0.5) is 5.13 Å². The summed E-state index contributed by atoms with van der Waals surface area (Å²) in [4.78, 5) is 7.69. The fourth-order valence-electron chi connectivity index (χ4n) is 1.69. The van der Waals surface area contributed by atoms with Crippen LogP contribution in [0, 0.1) is 0 Å². The van der Waals surface area contributed by atoms with Crippen molar-refractivity contribution in [3.63, 3.8) is 0 Å². The lowest BCUT2D eigenvalue weighted by Gasteiger charge is -2.26. The summed E-state index contributed by atoms with van der Waals surface area (Å²) in [5.41, 5.74) is 0.741. The molecule has 1 aliphatic rings. The van der Waals surface area contributed by atoms with Crippen LogP contribution in [0.2, 0.25) is 0 Å². The molecule has 0 spiro atoms. The summed E-state index contributed by atoms with van der Waals surface area (Å²) in [6.45, 7) is 6.37. The number of aromatic nitrogens is 1. The number of hydrogen-bond acceptors (Lipinski definition) is 6. The number of rotatable bonds is 5. The van der Waals surface area contributed by atoms with Crippen LogP contribution >= 0.6 is 11.3 Å².